The first-order chi connectivity index (χ1) is 18.5. The first-order valence-electron chi connectivity index (χ1n) is 13.4. The molecule has 202 valence electrons. The number of ether oxygens (including phenoxy) is 1. The van der Waals surface area contributed by atoms with Gasteiger partial charge in [0.25, 0.3) is 5.91 Å². The molecule has 0 bridgehead atoms. The second-order valence-corrected chi connectivity index (χ2v) is 13.3. The van der Waals surface area contributed by atoms with Crippen molar-refractivity contribution in [1.82, 2.24) is 4.98 Å². The van der Waals surface area contributed by atoms with E-state index in [1.807, 2.05) is 55.5 Å². The summed E-state index contributed by atoms with van der Waals surface area (Å²) >= 11 is 5.06. The Morgan fingerprint density at radius 3 is 2.56 bits per heavy atom. The zero-order valence-electron chi connectivity index (χ0n) is 23.0. The van der Waals surface area contributed by atoms with Crippen LogP contribution in [0, 0.1) is 18.3 Å². The van der Waals surface area contributed by atoms with Gasteiger partial charge in [-0.15, -0.1) is 11.3 Å². The Morgan fingerprint density at radius 2 is 1.87 bits per heavy atom. The molecule has 0 fully saturated rings. The fourth-order valence-corrected chi connectivity index (χ4v) is 6.93. The number of nitrogens with one attached hydrogen (secondary N) is 1. The summed E-state index contributed by atoms with van der Waals surface area (Å²) in [6.07, 6.45) is 2.71. The molecule has 5 nitrogen and oxygen atoms in total. The molecule has 0 saturated heterocycles. The predicted molar refractivity (Wildman–Crippen MR) is 163 cm³/mol. The number of esters is 1. The minimum absolute atomic E-state index is 0.172. The fourth-order valence-electron chi connectivity index (χ4n) is 5.26. The lowest BCUT2D eigenvalue weighted by molar-refractivity contribution is 0.0526. The molecule has 1 N–H and O–H groups in total. The van der Waals surface area contributed by atoms with Crippen molar-refractivity contribution in [2.75, 3.05) is 11.9 Å². The smallest absolute Gasteiger partial charge is 0.341 e. The van der Waals surface area contributed by atoms with E-state index in [-0.39, 0.29) is 23.9 Å². The van der Waals surface area contributed by atoms with Gasteiger partial charge in [0.05, 0.1) is 28.9 Å². The Labute approximate surface area is 242 Å². The van der Waals surface area contributed by atoms with Crippen molar-refractivity contribution in [2.45, 2.75) is 53.9 Å². The molecule has 0 spiro atoms. The summed E-state index contributed by atoms with van der Waals surface area (Å²) in [5.74, 6) is -0.131. The van der Waals surface area contributed by atoms with E-state index in [1.165, 1.54) is 16.2 Å². The largest absolute Gasteiger partial charge is 0.462 e. The number of thiophene rings is 1. The molecule has 0 unspecified atom stereocenters. The number of halogens is 1. The van der Waals surface area contributed by atoms with Gasteiger partial charge in [-0.3, -0.25) is 4.79 Å². The topological polar surface area (TPSA) is 68.3 Å². The van der Waals surface area contributed by atoms with Crippen LogP contribution < -0.4 is 5.32 Å². The quantitative estimate of drug-likeness (QED) is 0.231. The second-order valence-electron chi connectivity index (χ2n) is 11.3. The first-order valence-corrected chi connectivity index (χ1v) is 15.0. The van der Waals surface area contributed by atoms with Crippen molar-refractivity contribution in [3.05, 3.63) is 80.1 Å². The second kappa shape index (κ2) is 10.9. The van der Waals surface area contributed by atoms with Crippen molar-refractivity contribution >= 4 is 55.0 Å². The lowest BCUT2D eigenvalue weighted by atomic mass is 9.72. The summed E-state index contributed by atoms with van der Waals surface area (Å²) in [6, 6.07) is 15.7. The van der Waals surface area contributed by atoms with Crippen LogP contribution in [-0.4, -0.2) is 23.5 Å². The number of benzene rings is 2. The maximum Gasteiger partial charge on any atom is 0.341 e. The maximum absolute atomic E-state index is 13.9. The van der Waals surface area contributed by atoms with Gasteiger partial charge in [-0.2, -0.15) is 0 Å². The van der Waals surface area contributed by atoms with Crippen molar-refractivity contribution in [2.24, 2.45) is 11.3 Å². The highest BCUT2D eigenvalue weighted by Crippen LogP contribution is 2.44. The monoisotopic (exact) mass is 604 g/mol. The molecular formula is C32H33BrN2O3S. The van der Waals surface area contributed by atoms with Crippen LogP contribution in [0.5, 0.6) is 0 Å². The molecule has 39 heavy (non-hydrogen) atoms. The minimum Gasteiger partial charge on any atom is -0.462 e. The molecular weight excluding hydrogens is 572 g/mol. The Kier molecular flexibility index (Phi) is 7.66. The van der Waals surface area contributed by atoms with Crippen LogP contribution >= 0.6 is 27.3 Å². The number of carbonyl (C=O) groups is 2. The van der Waals surface area contributed by atoms with Gasteiger partial charge in [0, 0.05) is 20.3 Å². The number of carbonyl (C=O) groups excluding carboxylic acids is 2. The van der Waals surface area contributed by atoms with E-state index in [1.54, 1.807) is 6.92 Å². The standard InChI is InChI=1S/C32H33BrN2O3S/c1-6-38-31(37)28-22-13-11-20(32(3,4)5)15-27(22)39-30(28)35-29(36)24-17-26(19-9-7-18(2)8-10-19)34-25-14-12-21(33)16-23(24)25/h7-10,12,14,16-17,20H,6,11,13,15H2,1-5H3,(H,35,36)/t20-/m0/s1. The Hall–Kier alpha value is -3.03. The van der Waals surface area contributed by atoms with Crippen LogP contribution in [0.1, 0.15) is 70.8 Å². The van der Waals surface area contributed by atoms with Crippen LogP contribution in [0.2, 0.25) is 0 Å². The van der Waals surface area contributed by atoms with E-state index in [0.717, 1.165) is 57.0 Å². The van der Waals surface area contributed by atoms with E-state index in [9.17, 15) is 9.59 Å². The Morgan fingerprint density at radius 1 is 1.13 bits per heavy atom. The molecule has 1 atom stereocenters. The summed E-state index contributed by atoms with van der Waals surface area (Å²) in [5, 5.41) is 4.42. The lowest BCUT2D eigenvalue weighted by Gasteiger charge is -2.33. The van der Waals surface area contributed by atoms with E-state index < -0.39 is 0 Å². The Bertz CT molecular complexity index is 1570. The van der Waals surface area contributed by atoms with Gasteiger partial charge in [0.15, 0.2) is 0 Å². The number of aryl methyl sites for hydroxylation is 1. The van der Waals surface area contributed by atoms with Crippen LogP contribution in [0.25, 0.3) is 22.2 Å². The lowest BCUT2D eigenvalue weighted by Crippen LogP contribution is -2.26. The zero-order valence-corrected chi connectivity index (χ0v) is 25.4. The van der Waals surface area contributed by atoms with Crippen molar-refractivity contribution in [1.29, 1.82) is 0 Å². The number of fused-ring (bicyclic) bond motifs is 2. The minimum atomic E-state index is -0.373. The molecule has 0 radical (unpaired) electrons. The molecule has 1 aliphatic rings. The molecule has 2 aromatic heterocycles. The van der Waals surface area contributed by atoms with Crippen LogP contribution in [0.3, 0.4) is 0 Å². The van der Waals surface area contributed by atoms with E-state index in [0.29, 0.717) is 22.0 Å². The number of hydrogen-bond acceptors (Lipinski definition) is 5. The molecule has 0 saturated carbocycles. The van der Waals surface area contributed by atoms with Crippen molar-refractivity contribution < 1.29 is 14.3 Å². The number of aromatic nitrogens is 1. The van der Waals surface area contributed by atoms with Gasteiger partial charge in [-0.25, -0.2) is 9.78 Å². The van der Waals surface area contributed by atoms with Crippen molar-refractivity contribution in [3.8, 4) is 11.3 Å². The third-order valence-corrected chi connectivity index (χ3v) is 9.22. The molecule has 1 amide bonds. The third-order valence-electron chi connectivity index (χ3n) is 7.56. The van der Waals surface area contributed by atoms with Gasteiger partial charge in [-0.1, -0.05) is 66.5 Å². The number of amides is 1. The fraction of sp³-hybridized carbons (Fsp3) is 0.344. The van der Waals surface area contributed by atoms with Gasteiger partial charge >= 0.3 is 5.97 Å². The summed E-state index contributed by atoms with van der Waals surface area (Å²) in [5.41, 5.74) is 5.75. The number of nitrogens with zero attached hydrogens (tertiary/aromatic N) is 1. The van der Waals surface area contributed by atoms with Gasteiger partial charge in [0.2, 0.25) is 0 Å². The number of hydrogen-bond donors (Lipinski definition) is 1. The van der Waals surface area contributed by atoms with Crippen LogP contribution in [0.15, 0.2) is 53.0 Å². The van der Waals surface area contributed by atoms with Crippen LogP contribution in [-0.2, 0) is 17.6 Å². The number of anilines is 1. The van der Waals surface area contributed by atoms with E-state index >= 15 is 0 Å². The SMILES string of the molecule is CCOC(=O)c1c(NC(=O)c2cc(-c3ccc(C)cc3)nc3ccc(Br)cc23)sc2c1CC[C@H](C(C)(C)C)C2. The number of rotatable bonds is 5. The van der Waals surface area contributed by atoms with Gasteiger partial charge < -0.3 is 10.1 Å². The summed E-state index contributed by atoms with van der Waals surface area (Å²) in [4.78, 5) is 33.1. The van der Waals surface area contributed by atoms with E-state index in [2.05, 4.69) is 42.0 Å². The molecule has 4 aromatic rings. The predicted octanol–water partition coefficient (Wildman–Crippen LogP) is 8.61. The highest BCUT2D eigenvalue weighted by molar-refractivity contribution is 9.10. The van der Waals surface area contributed by atoms with Gasteiger partial charge in [0.1, 0.15) is 5.00 Å². The third kappa shape index (κ3) is 5.66. The average Bonchev–Trinajstić information content (AvgIpc) is 3.25. The number of pyridine rings is 1. The van der Waals surface area contributed by atoms with E-state index in [4.69, 9.17) is 9.72 Å². The highest BCUT2D eigenvalue weighted by atomic mass is 79.9. The zero-order chi connectivity index (χ0) is 27.9. The first kappa shape index (κ1) is 27.5. The van der Waals surface area contributed by atoms with Crippen molar-refractivity contribution in [3.63, 3.8) is 0 Å². The summed E-state index contributed by atoms with van der Waals surface area (Å²) in [7, 11) is 0. The van der Waals surface area contributed by atoms with Gasteiger partial charge in [-0.05, 0) is 74.3 Å². The summed E-state index contributed by atoms with van der Waals surface area (Å²) in [6.45, 7) is 10.9. The summed E-state index contributed by atoms with van der Waals surface area (Å²) < 4.78 is 6.31. The molecule has 7 heteroatoms. The molecule has 2 aromatic carbocycles. The Balaban J connectivity index is 1.58. The molecule has 5 rings (SSSR count). The van der Waals surface area contributed by atoms with Crippen LogP contribution in [0.4, 0.5) is 5.00 Å². The molecule has 2 heterocycles. The maximum atomic E-state index is 13.9. The molecule has 0 aliphatic heterocycles. The molecule has 1 aliphatic carbocycles. The average molecular weight is 606 g/mol. The highest BCUT2D eigenvalue weighted by Gasteiger charge is 2.34. The normalized spacial score (nSPS) is 15.2.